The second-order valence-electron chi connectivity index (χ2n) is 4.80. The summed E-state index contributed by atoms with van der Waals surface area (Å²) in [6.45, 7) is 3.09. The van der Waals surface area contributed by atoms with E-state index in [2.05, 4.69) is 5.32 Å². The molecule has 104 valence electrons. The number of methoxy groups -OCH3 is 1. The molecule has 0 saturated heterocycles. The highest BCUT2D eigenvalue weighted by Gasteiger charge is 2.05. The third-order valence-corrected chi connectivity index (χ3v) is 3.07. The fraction of sp³-hybridized carbons (Fsp3) is 0.235. The minimum atomic E-state index is -0.0662. The van der Waals surface area contributed by atoms with Crippen LogP contribution in [-0.2, 0) is 17.9 Å². The highest BCUT2D eigenvalue weighted by molar-refractivity contribution is 5.94. The van der Waals surface area contributed by atoms with E-state index < -0.39 is 0 Å². The maximum Gasteiger partial charge on any atom is 0.251 e. The Bertz CT molecular complexity index is 576. The number of ether oxygens (including phenoxy) is 1. The molecule has 2 aromatic carbocycles. The van der Waals surface area contributed by atoms with Gasteiger partial charge in [0.2, 0.25) is 0 Å². The van der Waals surface area contributed by atoms with Crippen LogP contribution < -0.4 is 5.32 Å². The molecule has 0 unspecified atom stereocenters. The van der Waals surface area contributed by atoms with Gasteiger partial charge in [-0.05, 0) is 30.2 Å². The number of nitrogens with one attached hydrogen (secondary N) is 1. The second-order valence-corrected chi connectivity index (χ2v) is 4.80. The van der Waals surface area contributed by atoms with E-state index in [9.17, 15) is 4.79 Å². The van der Waals surface area contributed by atoms with Gasteiger partial charge in [0.25, 0.3) is 5.91 Å². The first kappa shape index (κ1) is 14.3. The van der Waals surface area contributed by atoms with Gasteiger partial charge in [0.1, 0.15) is 0 Å². The Balaban J connectivity index is 1.97. The first-order valence-electron chi connectivity index (χ1n) is 6.60. The number of rotatable bonds is 5. The lowest BCUT2D eigenvalue weighted by Crippen LogP contribution is -2.22. The van der Waals surface area contributed by atoms with Crippen LogP contribution in [0.15, 0.2) is 48.5 Å². The normalized spacial score (nSPS) is 10.3. The van der Waals surface area contributed by atoms with Crippen molar-refractivity contribution in [3.8, 4) is 0 Å². The molecule has 0 heterocycles. The number of benzene rings is 2. The van der Waals surface area contributed by atoms with Gasteiger partial charge in [0.15, 0.2) is 0 Å². The van der Waals surface area contributed by atoms with Crippen LogP contribution in [0.1, 0.15) is 27.0 Å². The van der Waals surface area contributed by atoms with Gasteiger partial charge >= 0.3 is 0 Å². The lowest BCUT2D eigenvalue weighted by molar-refractivity contribution is 0.0950. The van der Waals surface area contributed by atoms with Gasteiger partial charge in [-0.25, -0.2) is 0 Å². The number of amides is 1. The summed E-state index contributed by atoms with van der Waals surface area (Å²) >= 11 is 0. The van der Waals surface area contributed by atoms with Crippen LogP contribution in [0.5, 0.6) is 0 Å². The van der Waals surface area contributed by atoms with Crippen LogP contribution >= 0.6 is 0 Å². The molecule has 3 nitrogen and oxygen atoms in total. The highest BCUT2D eigenvalue weighted by Crippen LogP contribution is 2.07. The molecule has 0 aliphatic rings. The van der Waals surface area contributed by atoms with E-state index in [1.807, 2.05) is 55.5 Å². The van der Waals surface area contributed by atoms with Gasteiger partial charge in [0, 0.05) is 19.2 Å². The average Bonchev–Trinajstić information content (AvgIpc) is 2.47. The largest absolute Gasteiger partial charge is 0.380 e. The molecule has 0 aromatic heterocycles. The van der Waals surface area contributed by atoms with Crippen molar-refractivity contribution >= 4 is 5.91 Å². The molecule has 2 rings (SSSR count). The summed E-state index contributed by atoms with van der Waals surface area (Å²) in [5, 5.41) is 2.92. The molecule has 0 atom stereocenters. The quantitative estimate of drug-likeness (QED) is 0.906. The molecule has 0 fully saturated rings. The van der Waals surface area contributed by atoms with Gasteiger partial charge in [-0.15, -0.1) is 0 Å². The molecule has 0 bridgehead atoms. The molecular formula is C17H19NO2. The van der Waals surface area contributed by atoms with Crippen LogP contribution in [0, 0.1) is 6.92 Å². The van der Waals surface area contributed by atoms with Crippen LogP contribution in [0.4, 0.5) is 0 Å². The lowest BCUT2D eigenvalue weighted by Gasteiger charge is -2.07. The first-order valence-corrected chi connectivity index (χ1v) is 6.60. The second kappa shape index (κ2) is 6.87. The predicted molar refractivity (Wildman–Crippen MR) is 79.5 cm³/mol. The first-order chi connectivity index (χ1) is 9.69. The summed E-state index contributed by atoms with van der Waals surface area (Å²) in [6.07, 6.45) is 0. The van der Waals surface area contributed by atoms with Crippen LogP contribution in [0.2, 0.25) is 0 Å². The lowest BCUT2D eigenvalue weighted by atomic mass is 10.1. The Hall–Kier alpha value is -2.13. The fourth-order valence-corrected chi connectivity index (χ4v) is 1.96. The monoisotopic (exact) mass is 269 g/mol. The van der Waals surface area contributed by atoms with Crippen molar-refractivity contribution in [1.82, 2.24) is 5.32 Å². The van der Waals surface area contributed by atoms with Gasteiger partial charge < -0.3 is 10.1 Å². The number of hydrogen-bond acceptors (Lipinski definition) is 2. The van der Waals surface area contributed by atoms with Crippen LogP contribution in [-0.4, -0.2) is 13.0 Å². The molecule has 2 aromatic rings. The summed E-state index contributed by atoms with van der Waals surface area (Å²) < 4.78 is 5.07. The van der Waals surface area contributed by atoms with E-state index in [4.69, 9.17) is 4.74 Å². The molecular weight excluding hydrogens is 250 g/mol. The Morgan fingerprint density at radius 1 is 1.10 bits per heavy atom. The summed E-state index contributed by atoms with van der Waals surface area (Å²) in [6, 6.07) is 15.6. The van der Waals surface area contributed by atoms with Gasteiger partial charge in [0.05, 0.1) is 6.61 Å². The molecule has 1 amide bonds. The van der Waals surface area contributed by atoms with Crippen molar-refractivity contribution in [2.75, 3.05) is 7.11 Å². The molecule has 0 aliphatic heterocycles. The maximum absolute atomic E-state index is 12.1. The molecule has 1 N–H and O–H groups in total. The molecule has 0 radical (unpaired) electrons. The Morgan fingerprint density at radius 2 is 1.85 bits per heavy atom. The standard InChI is InChI=1S/C17H19NO2/c1-13-6-8-14(9-7-13)11-18-17(19)16-5-3-4-15(10-16)12-20-2/h3-10H,11-12H2,1-2H3,(H,18,19). The zero-order chi connectivity index (χ0) is 14.4. The number of carbonyl (C=O) groups is 1. The summed E-state index contributed by atoms with van der Waals surface area (Å²) in [5.41, 5.74) is 3.96. The van der Waals surface area contributed by atoms with E-state index in [1.165, 1.54) is 5.56 Å². The minimum Gasteiger partial charge on any atom is -0.380 e. The fourth-order valence-electron chi connectivity index (χ4n) is 1.96. The Morgan fingerprint density at radius 3 is 2.55 bits per heavy atom. The molecule has 3 heteroatoms. The van der Waals surface area contributed by atoms with E-state index in [-0.39, 0.29) is 5.91 Å². The van der Waals surface area contributed by atoms with Crippen molar-refractivity contribution in [3.63, 3.8) is 0 Å². The van der Waals surface area contributed by atoms with Crippen molar-refractivity contribution in [1.29, 1.82) is 0 Å². The SMILES string of the molecule is COCc1cccc(C(=O)NCc2ccc(C)cc2)c1. The number of hydrogen-bond donors (Lipinski definition) is 1. The zero-order valence-electron chi connectivity index (χ0n) is 11.8. The molecule has 20 heavy (non-hydrogen) atoms. The Kier molecular flexibility index (Phi) is 4.91. The Labute approximate surface area is 119 Å². The van der Waals surface area contributed by atoms with E-state index in [1.54, 1.807) is 7.11 Å². The van der Waals surface area contributed by atoms with Crippen molar-refractivity contribution < 1.29 is 9.53 Å². The predicted octanol–water partition coefficient (Wildman–Crippen LogP) is 3.07. The van der Waals surface area contributed by atoms with Crippen molar-refractivity contribution in [3.05, 3.63) is 70.8 Å². The van der Waals surface area contributed by atoms with Gasteiger partial charge in [-0.1, -0.05) is 42.0 Å². The number of aryl methyl sites for hydroxylation is 1. The molecule has 0 aliphatic carbocycles. The van der Waals surface area contributed by atoms with E-state index >= 15 is 0 Å². The topological polar surface area (TPSA) is 38.3 Å². The zero-order valence-corrected chi connectivity index (χ0v) is 11.8. The van der Waals surface area contributed by atoms with Gasteiger partial charge in [-0.3, -0.25) is 4.79 Å². The van der Waals surface area contributed by atoms with E-state index in [0.29, 0.717) is 18.7 Å². The average molecular weight is 269 g/mol. The summed E-state index contributed by atoms with van der Waals surface area (Å²) in [4.78, 5) is 12.1. The molecule has 0 saturated carbocycles. The third kappa shape index (κ3) is 3.93. The van der Waals surface area contributed by atoms with Gasteiger partial charge in [-0.2, -0.15) is 0 Å². The number of carbonyl (C=O) groups excluding carboxylic acids is 1. The summed E-state index contributed by atoms with van der Waals surface area (Å²) in [7, 11) is 1.64. The van der Waals surface area contributed by atoms with Crippen LogP contribution in [0.25, 0.3) is 0 Å². The third-order valence-electron chi connectivity index (χ3n) is 3.07. The highest BCUT2D eigenvalue weighted by atomic mass is 16.5. The van der Waals surface area contributed by atoms with Crippen LogP contribution in [0.3, 0.4) is 0 Å². The molecule has 0 spiro atoms. The minimum absolute atomic E-state index is 0.0662. The van der Waals surface area contributed by atoms with Crippen molar-refractivity contribution in [2.45, 2.75) is 20.1 Å². The van der Waals surface area contributed by atoms with E-state index in [0.717, 1.165) is 11.1 Å². The smallest absolute Gasteiger partial charge is 0.251 e. The van der Waals surface area contributed by atoms with Crippen molar-refractivity contribution in [2.24, 2.45) is 0 Å². The maximum atomic E-state index is 12.1. The summed E-state index contributed by atoms with van der Waals surface area (Å²) in [5.74, 6) is -0.0662.